The molecule has 1 aromatic rings. The molecule has 1 aliphatic rings. The molecule has 7 heteroatoms. The summed E-state index contributed by atoms with van der Waals surface area (Å²) in [4.78, 5) is 25.5. The van der Waals surface area contributed by atoms with Crippen LogP contribution in [0.3, 0.4) is 0 Å². The van der Waals surface area contributed by atoms with Crippen LogP contribution in [0.4, 0.5) is 4.79 Å². The molecule has 0 radical (unpaired) electrons. The number of likely N-dealkylation sites (tertiary alicyclic amines) is 1. The number of piperidine rings is 1. The van der Waals surface area contributed by atoms with Gasteiger partial charge in [-0.05, 0) is 57.2 Å². The van der Waals surface area contributed by atoms with E-state index in [1.165, 1.54) is 7.11 Å². The van der Waals surface area contributed by atoms with Gasteiger partial charge in [0.25, 0.3) is 0 Å². The van der Waals surface area contributed by atoms with E-state index in [4.69, 9.17) is 21.1 Å². The molecule has 0 aliphatic carbocycles. The standard InChI is InChI=1S/C20H28ClNO5/c1-20(2,3)27-19(24)22-11-9-15(10-12-22)18(26-13-17(23)25-4)14-5-7-16(21)8-6-14/h5-8,15,18H,9-13H2,1-4H3. The average Bonchev–Trinajstić information content (AvgIpc) is 2.62. The third kappa shape index (κ3) is 6.70. The number of carbonyl (C=O) groups is 2. The maximum atomic E-state index is 12.2. The Bertz CT molecular complexity index is 633. The number of methoxy groups -OCH3 is 1. The fraction of sp³-hybridized carbons (Fsp3) is 0.600. The topological polar surface area (TPSA) is 65.1 Å². The minimum absolute atomic E-state index is 0.115. The lowest BCUT2D eigenvalue weighted by Crippen LogP contribution is -2.42. The fourth-order valence-electron chi connectivity index (χ4n) is 3.08. The minimum atomic E-state index is -0.511. The van der Waals surface area contributed by atoms with E-state index in [9.17, 15) is 9.59 Å². The smallest absolute Gasteiger partial charge is 0.410 e. The summed E-state index contributed by atoms with van der Waals surface area (Å²) < 4.78 is 16.0. The molecule has 1 aromatic carbocycles. The van der Waals surface area contributed by atoms with Gasteiger partial charge in [0.15, 0.2) is 0 Å². The van der Waals surface area contributed by atoms with Gasteiger partial charge in [0.2, 0.25) is 0 Å². The number of benzene rings is 1. The number of ether oxygens (including phenoxy) is 3. The molecular weight excluding hydrogens is 370 g/mol. The Kier molecular flexibility index (Phi) is 7.50. The largest absolute Gasteiger partial charge is 0.467 e. The van der Waals surface area contributed by atoms with Crippen LogP contribution in [-0.2, 0) is 19.0 Å². The Morgan fingerprint density at radius 3 is 2.30 bits per heavy atom. The lowest BCUT2D eigenvalue weighted by Gasteiger charge is -2.36. The Balaban J connectivity index is 2.03. The van der Waals surface area contributed by atoms with Gasteiger partial charge in [-0.1, -0.05) is 23.7 Å². The van der Waals surface area contributed by atoms with Gasteiger partial charge in [0.1, 0.15) is 12.2 Å². The van der Waals surface area contributed by atoms with Gasteiger partial charge in [-0.2, -0.15) is 0 Å². The molecule has 1 amide bonds. The summed E-state index contributed by atoms with van der Waals surface area (Å²) >= 11 is 5.99. The molecule has 0 saturated carbocycles. The summed E-state index contributed by atoms with van der Waals surface area (Å²) in [6.07, 6.45) is 0.961. The van der Waals surface area contributed by atoms with Crippen molar-refractivity contribution < 1.29 is 23.8 Å². The summed E-state index contributed by atoms with van der Waals surface area (Å²) in [5, 5.41) is 0.644. The molecule has 1 aliphatic heterocycles. The van der Waals surface area contributed by atoms with Crippen LogP contribution in [0, 0.1) is 5.92 Å². The molecule has 1 atom stereocenters. The first-order valence-electron chi connectivity index (χ1n) is 9.11. The molecule has 0 aromatic heterocycles. The second kappa shape index (κ2) is 9.42. The molecule has 27 heavy (non-hydrogen) atoms. The van der Waals surface area contributed by atoms with Crippen molar-refractivity contribution in [3.63, 3.8) is 0 Å². The summed E-state index contributed by atoms with van der Waals surface area (Å²) in [6.45, 7) is 6.63. The maximum absolute atomic E-state index is 12.2. The lowest BCUT2D eigenvalue weighted by molar-refractivity contribution is -0.149. The lowest BCUT2D eigenvalue weighted by atomic mass is 9.87. The molecular formula is C20H28ClNO5. The van der Waals surface area contributed by atoms with Crippen LogP contribution in [-0.4, -0.2) is 49.4 Å². The van der Waals surface area contributed by atoms with Gasteiger partial charge in [0, 0.05) is 18.1 Å². The van der Waals surface area contributed by atoms with E-state index in [0.29, 0.717) is 18.1 Å². The Hall–Kier alpha value is -1.79. The van der Waals surface area contributed by atoms with Gasteiger partial charge >= 0.3 is 12.1 Å². The number of nitrogens with zero attached hydrogens (tertiary/aromatic N) is 1. The predicted molar refractivity (Wildman–Crippen MR) is 103 cm³/mol. The second-order valence-corrected chi connectivity index (χ2v) is 8.10. The number of hydrogen-bond donors (Lipinski definition) is 0. The van der Waals surface area contributed by atoms with E-state index in [-0.39, 0.29) is 24.7 Å². The molecule has 150 valence electrons. The molecule has 1 fully saturated rings. The highest BCUT2D eigenvalue weighted by atomic mass is 35.5. The zero-order valence-electron chi connectivity index (χ0n) is 16.4. The predicted octanol–water partition coefficient (Wildman–Crippen LogP) is 4.22. The van der Waals surface area contributed by atoms with Crippen molar-refractivity contribution in [2.24, 2.45) is 5.92 Å². The van der Waals surface area contributed by atoms with Crippen LogP contribution >= 0.6 is 11.6 Å². The molecule has 0 bridgehead atoms. The molecule has 1 saturated heterocycles. The van der Waals surface area contributed by atoms with Crippen molar-refractivity contribution in [1.82, 2.24) is 4.90 Å². The number of rotatable bonds is 5. The number of carbonyl (C=O) groups excluding carboxylic acids is 2. The van der Waals surface area contributed by atoms with Crippen LogP contribution in [0.5, 0.6) is 0 Å². The normalized spacial score (nSPS) is 16.7. The summed E-state index contributed by atoms with van der Waals surface area (Å²) in [7, 11) is 1.34. The van der Waals surface area contributed by atoms with Crippen molar-refractivity contribution in [3.8, 4) is 0 Å². The number of amides is 1. The Labute approximate surface area is 165 Å². The first kappa shape index (κ1) is 21.5. The molecule has 1 unspecified atom stereocenters. The van der Waals surface area contributed by atoms with Gasteiger partial charge < -0.3 is 19.1 Å². The van der Waals surface area contributed by atoms with E-state index >= 15 is 0 Å². The molecule has 2 rings (SSSR count). The van der Waals surface area contributed by atoms with E-state index in [2.05, 4.69) is 4.74 Å². The minimum Gasteiger partial charge on any atom is -0.467 e. The molecule has 0 N–H and O–H groups in total. The van der Waals surface area contributed by atoms with Crippen molar-refractivity contribution in [3.05, 3.63) is 34.9 Å². The second-order valence-electron chi connectivity index (χ2n) is 7.66. The number of halogens is 1. The highest BCUT2D eigenvalue weighted by Gasteiger charge is 2.32. The van der Waals surface area contributed by atoms with E-state index in [1.807, 2.05) is 32.9 Å². The number of hydrogen-bond acceptors (Lipinski definition) is 5. The summed E-state index contributed by atoms with van der Waals surface area (Å²) in [6, 6.07) is 7.43. The maximum Gasteiger partial charge on any atom is 0.410 e. The summed E-state index contributed by atoms with van der Waals surface area (Å²) in [5.74, 6) is -0.241. The van der Waals surface area contributed by atoms with Crippen LogP contribution in [0.2, 0.25) is 5.02 Å². The van der Waals surface area contributed by atoms with Crippen LogP contribution < -0.4 is 0 Å². The van der Waals surface area contributed by atoms with Crippen molar-refractivity contribution >= 4 is 23.7 Å². The van der Waals surface area contributed by atoms with Gasteiger partial charge in [-0.25, -0.2) is 9.59 Å². The highest BCUT2D eigenvalue weighted by molar-refractivity contribution is 6.30. The van der Waals surface area contributed by atoms with E-state index in [0.717, 1.165) is 18.4 Å². The quantitative estimate of drug-likeness (QED) is 0.696. The number of esters is 1. The third-order valence-corrected chi connectivity index (χ3v) is 4.68. The van der Waals surface area contributed by atoms with Crippen LogP contribution in [0.15, 0.2) is 24.3 Å². The van der Waals surface area contributed by atoms with Gasteiger partial charge in [0.05, 0.1) is 13.2 Å². The van der Waals surface area contributed by atoms with Gasteiger partial charge in [-0.15, -0.1) is 0 Å². The molecule has 0 spiro atoms. The summed E-state index contributed by atoms with van der Waals surface area (Å²) in [5.41, 5.74) is 0.447. The zero-order chi connectivity index (χ0) is 20.0. The van der Waals surface area contributed by atoms with Crippen molar-refractivity contribution in [2.75, 3.05) is 26.8 Å². The van der Waals surface area contributed by atoms with E-state index < -0.39 is 11.6 Å². The van der Waals surface area contributed by atoms with Crippen LogP contribution in [0.1, 0.15) is 45.3 Å². The first-order chi connectivity index (χ1) is 12.7. The first-order valence-corrected chi connectivity index (χ1v) is 9.49. The van der Waals surface area contributed by atoms with Crippen LogP contribution in [0.25, 0.3) is 0 Å². The highest BCUT2D eigenvalue weighted by Crippen LogP contribution is 2.34. The van der Waals surface area contributed by atoms with Gasteiger partial charge in [-0.3, -0.25) is 0 Å². The van der Waals surface area contributed by atoms with Crippen molar-refractivity contribution in [2.45, 2.75) is 45.3 Å². The zero-order valence-corrected chi connectivity index (χ0v) is 17.1. The van der Waals surface area contributed by atoms with E-state index in [1.54, 1.807) is 17.0 Å². The molecule has 1 heterocycles. The monoisotopic (exact) mass is 397 g/mol. The SMILES string of the molecule is COC(=O)COC(c1ccc(Cl)cc1)C1CCN(C(=O)OC(C)(C)C)CC1. The average molecular weight is 398 g/mol. The Morgan fingerprint density at radius 2 is 1.78 bits per heavy atom. The molecule has 6 nitrogen and oxygen atoms in total. The Morgan fingerprint density at radius 1 is 1.19 bits per heavy atom. The third-order valence-electron chi connectivity index (χ3n) is 4.43. The van der Waals surface area contributed by atoms with Crippen molar-refractivity contribution in [1.29, 1.82) is 0 Å². The fourth-order valence-corrected chi connectivity index (χ4v) is 3.21.